The first-order chi connectivity index (χ1) is 11.7. The lowest BCUT2D eigenvalue weighted by molar-refractivity contribution is 0.399. The zero-order chi connectivity index (χ0) is 18.2. The number of hydrogen-bond donors (Lipinski definition) is 2. The Kier molecular flexibility index (Phi) is 4.66. The molecule has 1 aromatic carbocycles. The zero-order valence-corrected chi connectivity index (χ0v) is 15.4. The molecule has 0 fully saturated rings. The fraction of sp³-hybridized carbons (Fsp3) is 0.429. The van der Waals surface area contributed by atoms with Crippen molar-refractivity contribution < 1.29 is 16.8 Å². The smallest absolute Gasteiger partial charge is 0.241 e. The molecule has 1 aromatic heterocycles. The molecule has 0 spiro atoms. The molecular formula is C14H19N5O4S2. The van der Waals surface area contributed by atoms with Crippen molar-refractivity contribution in [3.8, 4) is 0 Å². The maximum absolute atomic E-state index is 12.6. The number of benzene rings is 1. The summed E-state index contributed by atoms with van der Waals surface area (Å²) in [6, 6.07) is 4.60. The van der Waals surface area contributed by atoms with E-state index in [1.54, 1.807) is 11.6 Å². The van der Waals surface area contributed by atoms with Crippen LogP contribution in [0.3, 0.4) is 0 Å². The van der Waals surface area contributed by atoms with Crippen LogP contribution in [0.15, 0.2) is 34.1 Å². The van der Waals surface area contributed by atoms with E-state index in [2.05, 4.69) is 19.5 Å². The van der Waals surface area contributed by atoms with Gasteiger partial charge in [-0.2, -0.15) is 5.10 Å². The van der Waals surface area contributed by atoms with Crippen LogP contribution >= 0.6 is 0 Å². The van der Waals surface area contributed by atoms with Crippen molar-refractivity contribution in [2.75, 3.05) is 7.05 Å². The first-order valence-electron chi connectivity index (χ1n) is 7.70. The third-order valence-corrected chi connectivity index (χ3v) is 6.91. The van der Waals surface area contributed by atoms with Crippen molar-refractivity contribution in [1.82, 2.24) is 24.2 Å². The minimum atomic E-state index is -3.81. The van der Waals surface area contributed by atoms with E-state index in [1.165, 1.54) is 31.3 Å². The lowest BCUT2D eigenvalue weighted by Gasteiger charge is -2.23. The molecule has 136 valence electrons. The summed E-state index contributed by atoms with van der Waals surface area (Å²) in [6.45, 7) is 2.47. The van der Waals surface area contributed by atoms with E-state index in [1.807, 2.05) is 0 Å². The number of fused-ring (bicyclic) bond motifs is 1. The molecule has 11 heteroatoms. The second kappa shape index (κ2) is 6.48. The molecular weight excluding hydrogens is 366 g/mol. The molecule has 2 aromatic rings. The van der Waals surface area contributed by atoms with Gasteiger partial charge in [-0.1, -0.05) is 0 Å². The van der Waals surface area contributed by atoms with E-state index >= 15 is 0 Å². The van der Waals surface area contributed by atoms with Crippen LogP contribution in [0.25, 0.3) is 0 Å². The third kappa shape index (κ3) is 3.59. The van der Waals surface area contributed by atoms with Gasteiger partial charge in [-0.3, -0.25) is 0 Å². The van der Waals surface area contributed by atoms with Crippen molar-refractivity contribution in [2.24, 2.45) is 0 Å². The van der Waals surface area contributed by atoms with Crippen LogP contribution in [-0.4, -0.2) is 38.6 Å². The number of rotatable bonds is 5. The Morgan fingerprint density at radius 2 is 1.68 bits per heavy atom. The van der Waals surface area contributed by atoms with Gasteiger partial charge in [0.1, 0.15) is 11.6 Å². The van der Waals surface area contributed by atoms with Crippen LogP contribution in [0.5, 0.6) is 0 Å². The standard InChI is InChI=1S/C14H19N5O4S2/c1-10-16-14-13(4-3-9-19(14)17-10)18-25(22,23)12-7-5-11(6-8-12)24(20,21)15-2/h5-8,13,15,18H,3-4,9H2,1-2H3/t13-/m1/s1. The third-order valence-electron chi connectivity index (χ3n) is 3.99. The van der Waals surface area contributed by atoms with Crippen molar-refractivity contribution >= 4 is 20.0 Å². The average Bonchev–Trinajstić information content (AvgIpc) is 2.96. The number of nitrogens with one attached hydrogen (secondary N) is 2. The van der Waals surface area contributed by atoms with Crippen molar-refractivity contribution in [1.29, 1.82) is 0 Å². The van der Waals surface area contributed by atoms with Gasteiger partial charge in [0.15, 0.2) is 0 Å². The van der Waals surface area contributed by atoms with E-state index in [0.717, 1.165) is 6.42 Å². The summed E-state index contributed by atoms with van der Waals surface area (Å²) in [4.78, 5) is 4.30. The molecule has 25 heavy (non-hydrogen) atoms. The van der Waals surface area contributed by atoms with Crippen LogP contribution in [-0.2, 0) is 26.6 Å². The Balaban J connectivity index is 1.86. The highest BCUT2D eigenvalue weighted by Crippen LogP contribution is 2.25. The predicted octanol–water partition coefficient (Wildman–Crippen LogP) is 0.308. The fourth-order valence-electron chi connectivity index (χ4n) is 2.75. The van der Waals surface area contributed by atoms with Gasteiger partial charge in [-0.25, -0.2) is 35.9 Å². The lowest BCUT2D eigenvalue weighted by Crippen LogP contribution is -2.33. The Morgan fingerprint density at radius 3 is 2.28 bits per heavy atom. The summed E-state index contributed by atoms with van der Waals surface area (Å²) in [6.07, 6.45) is 1.42. The summed E-state index contributed by atoms with van der Waals surface area (Å²) in [5.74, 6) is 1.20. The average molecular weight is 385 g/mol. The van der Waals surface area contributed by atoms with Gasteiger partial charge in [-0.15, -0.1) is 0 Å². The Hall–Kier alpha value is -1.82. The summed E-state index contributed by atoms with van der Waals surface area (Å²) in [5, 5.41) is 4.25. The van der Waals surface area contributed by atoms with Gasteiger partial charge in [0.2, 0.25) is 20.0 Å². The van der Waals surface area contributed by atoms with Crippen molar-refractivity contribution in [3.63, 3.8) is 0 Å². The molecule has 1 aliphatic rings. The van der Waals surface area contributed by atoms with Gasteiger partial charge < -0.3 is 0 Å². The topological polar surface area (TPSA) is 123 Å². The molecule has 9 nitrogen and oxygen atoms in total. The number of hydrogen-bond acceptors (Lipinski definition) is 6. The van der Waals surface area contributed by atoms with Gasteiger partial charge in [0.05, 0.1) is 15.8 Å². The van der Waals surface area contributed by atoms with Crippen molar-refractivity contribution in [2.45, 2.75) is 42.1 Å². The molecule has 1 aliphatic heterocycles. The zero-order valence-electron chi connectivity index (χ0n) is 13.8. The SMILES string of the molecule is CNS(=O)(=O)c1ccc(S(=O)(=O)N[C@@H]2CCCn3nc(C)nc32)cc1. The fourth-order valence-corrected chi connectivity index (χ4v) is 4.71. The van der Waals surface area contributed by atoms with E-state index in [-0.39, 0.29) is 9.79 Å². The van der Waals surface area contributed by atoms with E-state index < -0.39 is 26.1 Å². The van der Waals surface area contributed by atoms with Gasteiger partial charge in [-0.05, 0) is 51.1 Å². The molecule has 2 N–H and O–H groups in total. The summed E-state index contributed by atoms with van der Waals surface area (Å²) >= 11 is 0. The highest BCUT2D eigenvalue weighted by molar-refractivity contribution is 7.90. The van der Waals surface area contributed by atoms with Crippen LogP contribution in [0, 0.1) is 6.92 Å². The van der Waals surface area contributed by atoms with Gasteiger partial charge in [0.25, 0.3) is 0 Å². The second-order valence-electron chi connectivity index (χ2n) is 5.74. The molecule has 0 aliphatic carbocycles. The van der Waals surface area contributed by atoms with Crippen LogP contribution < -0.4 is 9.44 Å². The minimum absolute atomic E-state index is 0.00184. The van der Waals surface area contributed by atoms with Crippen LogP contribution in [0.4, 0.5) is 0 Å². The molecule has 0 radical (unpaired) electrons. The Bertz CT molecular complexity index is 981. The monoisotopic (exact) mass is 385 g/mol. The van der Waals surface area contributed by atoms with Crippen LogP contribution in [0.1, 0.15) is 30.5 Å². The first-order valence-corrected chi connectivity index (χ1v) is 10.7. The van der Waals surface area contributed by atoms with E-state index in [4.69, 9.17) is 0 Å². The van der Waals surface area contributed by atoms with Gasteiger partial charge in [0, 0.05) is 6.54 Å². The Morgan fingerprint density at radius 1 is 1.08 bits per heavy atom. The molecule has 0 saturated carbocycles. The van der Waals surface area contributed by atoms with E-state index in [0.29, 0.717) is 24.6 Å². The normalized spacial score (nSPS) is 18.1. The minimum Gasteiger partial charge on any atom is -0.248 e. The maximum atomic E-state index is 12.6. The number of nitrogens with zero attached hydrogens (tertiary/aromatic N) is 3. The molecule has 3 rings (SSSR count). The molecule has 1 atom stereocenters. The van der Waals surface area contributed by atoms with Crippen molar-refractivity contribution in [3.05, 3.63) is 35.9 Å². The molecule has 2 heterocycles. The molecule has 0 amide bonds. The highest BCUT2D eigenvalue weighted by Gasteiger charge is 2.28. The molecule has 0 saturated heterocycles. The van der Waals surface area contributed by atoms with E-state index in [9.17, 15) is 16.8 Å². The highest BCUT2D eigenvalue weighted by atomic mass is 32.2. The first kappa shape index (κ1) is 18.0. The Labute approximate surface area is 146 Å². The molecule has 0 bridgehead atoms. The molecule has 0 unspecified atom stereocenters. The van der Waals surface area contributed by atoms with Gasteiger partial charge >= 0.3 is 0 Å². The summed E-state index contributed by atoms with van der Waals surface area (Å²) in [7, 11) is -6.13. The lowest BCUT2D eigenvalue weighted by atomic mass is 10.1. The summed E-state index contributed by atoms with van der Waals surface area (Å²) < 4.78 is 55.2. The maximum Gasteiger partial charge on any atom is 0.241 e. The van der Waals surface area contributed by atoms with Crippen LogP contribution in [0.2, 0.25) is 0 Å². The number of sulfonamides is 2. The number of aromatic nitrogens is 3. The second-order valence-corrected chi connectivity index (χ2v) is 9.34. The number of aryl methyl sites for hydroxylation is 2. The quantitative estimate of drug-likeness (QED) is 0.763. The summed E-state index contributed by atoms with van der Waals surface area (Å²) in [5.41, 5.74) is 0. The largest absolute Gasteiger partial charge is 0.248 e. The predicted molar refractivity (Wildman–Crippen MR) is 89.7 cm³/mol.